The molecule has 25 heavy (non-hydrogen) atoms. The third-order valence-electron chi connectivity index (χ3n) is 4.08. The van der Waals surface area contributed by atoms with Crippen LogP contribution in [0.2, 0.25) is 0 Å². The molecule has 2 heterocycles. The lowest BCUT2D eigenvalue weighted by molar-refractivity contribution is 0.398. The SMILES string of the molecule is COc1ccn2c(-c3cccc(-c4ccccc4C#N)c3)cnc2n1. The molecule has 0 fully saturated rings. The number of hydrogen-bond donors (Lipinski definition) is 0. The number of nitrogens with zero attached hydrogens (tertiary/aromatic N) is 4. The second-order valence-electron chi connectivity index (χ2n) is 5.52. The maximum Gasteiger partial charge on any atom is 0.237 e. The van der Waals surface area contributed by atoms with E-state index in [0.717, 1.165) is 22.4 Å². The summed E-state index contributed by atoms with van der Waals surface area (Å²) in [5.74, 6) is 1.11. The van der Waals surface area contributed by atoms with E-state index in [0.29, 0.717) is 17.2 Å². The molecule has 0 spiro atoms. The van der Waals surface area contributed by atoms with Crippen molar-refractivity contribution in [3.8, 4) is 34.3 Å². The maximum atomic E-state index is 9.34. The van der Waals surface area contributed by atoms with Crippen molar-refractivity contribution < 1.29 is 4.74 Å². The first kappa shape index (κ1) is 14.9. The van der Waals surface area contributed by atoms with Crippen molar-refractivity contribution in [1.29, 1.82) is 5.26 Å². The van der Waals surface area contributed by atoms with Crippen LogP contribution in [-0.2, 0) is 0 Å². The molecule has 0 radical (unpaired) electrons. The molecule has 5 heteroatoms. The zero-order valence-electron chi connectivity index (χ0n) is 13.5. The van der Waals surface area contributed by atoms with Crippen LogP contribution in [0.5, 0.6) is 5.88 Å². The highest BCUT2D eigenvalue weighted by Gasteiger charge is 2.10. The Morgan fingerprint density at radius 1 is 1.04 bits per heavy atom. The lowest BCUT2D eigenvalue weighted by Gasteiger charge is -2.07. The van der Waals surface area contributed by atoms with Crippen molar-refractivity contribution in [2.75, 3.05) is 7.11 Å². The van der Waals surface area contributed by atoms with Crippen molar-refractivity contribution in [3.05, 3.63) is 72.6 Å². The van der Waals surface area contributed by atoms with Gasteiger partial charge in [-0.2, -0.15) is 10.2 Å². The molecule has 0 saturated carbocycles. The monoisotopic (exact) mass is 326 g/mol. The van der Waals surface area contributed by atoms with E-state index in [9.17, 15) is 5.26 Å². The van der Waals surface area contributed by atoms with E-state index in [1.807, 2.05) is 53.1 Å². The lowest BCUT2D eigenvalue weighted by atomic mass is 9.98. The molecular formula is C20H14N4O. The summed E-state index contributed by atoms with van der Waals surface area (Å²) in [5, 5.41) is 9.34. The number of fused-ring (bicyclic) bond motifs is 1. The van der Waals surface area contributed by atoms with Crippen LogP contribution in [0.1, 0.15) is 5.56 Å². The zero-order chi connectivity index (χ0) is 17.2. The van der Waals surface area contributed by atoms with E-state index in [2.05, 4.69) is 22.1 Å². The van der Waals surface area contributed by atoms with Gasteiger partial charge in [0.15, 0.2) is 0 Å². The average Bonchev–Trinajstić information content (AvgIpc) is 3.11. The lowest BCUT2D eigenvalue weighted by Crippen LogP contribution is -1.94. The van der Waals surface area contributed by atoms with Crippen molar-refractivity contribution >= 4 is 5.78 Å². The average molecular weight is 326 g/mol. The minimum Gasteiger partial charge on any atom is -0.481 e. The van der Waals surface area contributed by atoms with E-state index >= 15 is 0 Å². The highest BCUT2D eigenvalue weighted by atomic mass is 16.5. The Balaban J connectivity index is 1.84. The van der Waals surface area contributed by atoms with E-state index in [-0.39, 0.29) is 0 Å². The number of methoxy groups -OCH3 is 1. The van der Waals surface area contributed by atoms with Gasteiger partial charge < -0.3 is 4.74 Å². The fourth-order valence-corrected chi connectivity index (χ4v) is 2.86. The van der Waals surface area contributed by atoms with Crippen LogP contribution in [0.15, 0.2) is 67.0 Å². The molecule has 120 valence electrons. The fraction of sp³-hybridized carbons (Fsp3) is 0.0500. The van der Waals surface area contributed by atoms with E-state index in [1.165, 1.54) is 0 Å². The number of imidazole rings is 1. The molecule has 0 saturated heterocycles. The summed E-state index contributed by atoms with van der Waals surface area (Å²) in [6, 6.07) is 19.7. The van der Waals surface area contributed by atoms with Crippen LogP contribution in [0.25, 0.3) is 28.2 Å². The molecule has 0 unspecified atom stereocenters. The Morgan fingerprint density at radius 2 is 1.88 bits per heavy atom. The first-order valence-electron chi connectivity index (χ1n) is 7.78. The van der Waals surface area contributed by atoms with Gasteiger partial charge in [-0.15, -0.1) is 0 Å². The highest BCUT2D eigenvalue weighted by Crippen LogP contribution is 2.28. The van der Waals surface area contributed by atoms with Gasteiger partial charge in [-0.25, -0.2) is 4.98 Å². The second-order valence-corrected chi connectivity index (χ2v) is 5.52. The van der Waals surface area contributed by atoms with Gasteiger partial charge in [0.1, 0.15) is 0 Å². The molecule has 0 bridgehead atoms. The van der Waals surface area contributed by atoms with Crippen LogP contribution in [0, 0.1) is 11.3 Å². The number of nitriles is 1. The molecule has 4 rings (SSSR count). The van der Waals surface area contributed by atoms with Crippen molar-refractivity contribution in [2.24, 2.45) is 0 Å². The number of hydrogen-bond acceptors (Lipinski definition) is 4. The Bertz CT molecular complexity index is 1110. The molecule has 0 aliphatic rings. The van der Waals surface area contributed by atoms with Crippen molar-refractivity contribution in [2.45, 2.75) is 0 Å². The molecule has 0 amide bonds. The Kier molecular flexibility index (Phi) is 3.64. The first-order valence-corrected chi connectivity index (χ1v) is 7.78. The predicted octanol–water partition coefficient (Wildman–Crippen LogP) is 3.94. The third-order valence-corrected chi connectivity index (χ3v) is 4.08. The van der Waals surface area contributed by atoms with Crippen LogP contribution < -0.4 is 4.74 Å². The third kappa shape index (κ3) is 2.60. The molecule has 5 nitrogen and oxygen atoms in total. The van der Waals surface area contributed by atoms with E-state index < -0.39 is 0 Å². The van der Waals surface area contributed by atoms with Gasteiger partial charge in [0.05, 0.1) is 30.6 Å². The smallest absolute Gasteiger partial charge is 0.237 e. The summed E-state index contributed by atoms with van der Waals surface area (Å²) >= 11 is 0. The highest BCUT2D eigenvalue weighted by molar-refractivity contribution is 5.75. The summed E-state index contributed by atoms with van der Waals surface area (Å²) in [5.41, 5.74) is 4.50. The minimum atomic E-state index is 0.529. The van der Waals surface area contributed by atoms with Crippen molar-refractivity contribution in [1.82, 2.24) is 14.4 Å². The second kappa shape index (κ2) is 6.10. The number of rotatable bonds is 3. The van der Waals surface area contributed by atoms with Gasteiger partial charge >= 0.3 is 0 Å². The van der Waals surface area contributed by atoms with E-state index in [4.69, 9.17) is 4.74 Å². The standard InChI is InChI=1S/C20H14N4O/c1-25-19-9-10-24-18(13-22-20(24)23-19)15-7-4-6-14(11-15)17-8-3-2-5-16(17)12-21/h2-11,13H,1H3. The fourth-order valence-electron chi connectivity index (χ4n) is 2.86. The maximum absolute atomic E-state index is 9.34. The minimum absolute atomic E-state index is 0.529. The first-order chi connectivity index (χ1) is 12.3. The van der Waals surface area contributed by atoms with Crippen LogP contribution in [-0.4, -0.2) is 21.5 Å². The molecule has 0 atom stereocenters. The van der Waals surface area contributed by atoms with Crippen LogP contribution >= 0.6 is 0 Å². The molecule has 2 aromatic carbocycles. The predicted molar refractivity (Wildman–Crippen MR) is 95.1 cm³/mol. The molecule has 2 aromatic heterocycles. The summed E-state index contributed by atoms with van der Waals surface area (Å²) in [4.78, 5) is 8.69. The van der Waals surface area contributed by atoms with Gasteiger partial charge in [0.2, 0.25) is 11.7 Å². The quantitative estimate of drug-likeness (QED) is 0.572. The Hall–Kier alpha value is -3.65. The topological polar surface area (TPSA) is 63.2 Å². The molecule has 0 aliphatic carbocycles. The molecule has 4 aromatic rings. The normalized spacial score (nSPS) is 10.6. The number of benzene rings is 2. The van der Waals surface area contributed by atoms with Crippen LogP contribution in [0.4, 0.5) is 0 Å². The summed E-state index contributed by atoms with van der Waals surface area (Å²) in [6.07, 6.45) is 3.68. The van der Waals surface area contributed by atoms with Gasteiger partial charge in [0, 0.05) is 17.8 Å². The van der Waals surface area contributed by atoms with Crippen LogP contribution in [0.3, 0.4) is 0 Å². The van der Waals surface area contributed by atoms with E-state index in [1.54, 1.807) is 19.4 Å². The Labute approximate surface area is 144 Å². The molecule has 0 N–H and O–H groups in total. The largest absolute Gasteiger partial charge is 0.481 e. The van der Waals surface area contributed by atoms with Crippen molar-refractivity contribution in [3.63, 3.8) is 0 Å². The Morgan fingerprint density at radius 3 is 2.72 bits per heavy atom. The summed E-state index contributed by atoms with van der Waals surface area (Å²) < 4.78 is 7.06. The number of ether oxygens (including phenoxy) is 1. The zero-order valence-corrected chi connectivity index (χ0v) is 13.5. The van der Waals surface area contributed by atoms with Gasteiger partial charge in [-0.1, -0.05) is 36.4 Å². The summed E-state index contributed by atoms with van der Waals surface area (Å²) in [7, 11) is 1.58. The van der Waals surface area contributed by atoms with Gasteiger partial charge in [0.25, 0.3) is 0 Å². The van der Waals surface area contributed by atoms with Gasteiger partial charge in [-0.3, -0.25) is 4.40 Å². The number of aromatic nitrogens is 3. The summed E-state index contributed by atoms with van der Waals surface area (Å²) in [6.45, 7) is 0. The van der Waals surface area contributed by atoms with Gasteiger partial charge in [-0.05, 0) is 23.3 Å². The molecular weight excluding hydrogens is 312 g/mol. The molecule has 0 aliphatic heterocycles.